The van der Waals surface area contributed by atoms with E-state index in [4.69, 9.17) is 9.90 Å². The molecule has 176 valence electrons. The van der Waals surface area contributed by atoms with Crippen LogP contribution in [0.25, 0.3) is 10.9 Å². The second kappa shape index (κ2) is 9.39. The first-order valence-corrected chi connectivity index (χ1v) is 10.0. The molecule has 2 N–H and O–H groups in total. The normalized spacial score (nSPS) is 23.2. The molecular weight excluding hydrogens is 439 g/mol. The minimum Gasteiger partial charge on any atom is -0.475 e. The van der Waals surface area contributed by atoms with Crippen LogP contribution < -0.4 is 5.32 Å². The molecule has 2 aliphatic rings. The lowest BCUT2D eigenvalue weighted by molar-refractivity contribution is -0.192. The van der Waals surface area contributed by atoms with Gasteiger partial charge in [-0.05, 0) is 38.8 Å². The van der Waals surface area contributed by atoms with Gasteiger partial charge in [0.2, 0.25) is 0 Å². The Morgan fingerprint density at radius 2 is 1.75 bits per heavy atom. The number of fused-ring (bicyclic) bond motifs is 3. The van der Waals surface area contributed by atoms with Crippen molar-refractivity contribution in [2.45, 2.75) is 63.0 Å². The van der Waals surface area contributed by atoms with Gasteiger partial charge in [0.15, 0.2) is 5.69 Å². The molecule has 1 aromatic carbocycles. The number of carboxylic acid groups (broad SMARTS) is 1. The Labute approximate surface area is 180 Å². The molecule has 0 spiro atoms. The lowest BCUT2D eigenvalue weighted by Crippen LogP contribution is -2.48. The van der Waals surface area contributed by atoms with E-state index < -0.39 is 25.1 Å². The van der Waals surface area contributed by atoms with E-state index in [1.165, 1.54) is 17.5 Å². The van der Waals surface area contributed by atoms with Gasteiger partial charge in [0.1, 0.15) is 6.54 Å². The number of carbonyl (C=O) groups excluding carboxylic acids is 1. The molecule has 1 aromatic heterocycles. The number of halogens is 5. The highest BCUT2D eigenvalue weighted by molar-refractivity contribution is 6.05. The number of nitrogens with zero attached hydrogens (tertiary/aromatic N) is 3. The Hall–Kier alpha value is -2.76. The third-order valence-electron chi connectivity index (χ3n) is 5.86. The first-order chi connectivity index (χ1) is 15.0. The van der Waals surface area contributed by atoms with E-state index in [1.807, 2.05) is 0 Å². The number of amides is 1. The fourth-order valence-corrected chi connectivity index (χ4v) is 4.35. The van der Waals surface area contributed by atoms with Crippen molar-refractivity contribution >= 4 is 22.8 Å². The van der Waals surface area contributed by atoms with Crippen molar-refractivity contribution in [3.05, 3.63) is 30.0 Å². The van der Waals surface area contributed by atoms with E-state index in [1.54, 1.807) is 24.3 Å². The number of nitrogens with one attached hydrogen (secondary N) is 1. The summed E-state index contributed by atoms with van der Waals surface area (Å²) in [6.07, 6.45) is -3.36. The zero-order chi connectivity index (χ0) is 23.6. The number of carbonyl (C=O) groups is 2. The van der Waals surface area contributed by atoms with Crippen LogP contribution in [0.1, 0.15) is 36.2 Å². The Morgan fingerprint density at radius 3 is 2.28 bits per heavy atom. The van der Waals surface area contributed by atoms with E-state index in [-0.39, 0.29) is 17.6 Å². The largest absolute Gasteiger partial charge is 0.490 e. The Morgan fingerprint density at radius 1 is 1.19 bits per heavy atom. The number of hydrogen-bond donors (Lipinski definition) is 2. The topological polar surface area (TPSA) is 87.5 Å². The summed E-state index contributed by atoms with van der Waals surface area (Å²) in [5, 5.41) is 15.0. The van der Waals surface area contributed by atoms with Gasteiger partial charge in [0.25, 0.3) is 12.3 Å². The summed E-state index contributed by atoms with van der Waals surface area (Å²) in [6.45, 7) is -0.508. The summed E-state index contributed by atoms with van der Waals surface area (Å²) in [5.41, 5.74) is 0.805. The quantitative estimate of drug-likeness (QED) is 0.681. The van der Waals surface area contributed by atoms with Crippen molar-refractivity contribution in [2.24, 2.45) is 0 Å². The number of piperidine rings is 1. The van der Waals surface area contributed by atoms with Crippen LogP contribution in [-0.2, 0) is 11.3 Å². The van der Waals surface area contributed by atoms with E-state index in [0.29, 0.717) is 23.0 Å². The predicted octanol–water partition coefficient (Wildman–Crippen LogP) is 3.29. The molecule has 7 nitrogen and oxygen atoms in total. The van der Waals surface area contributed by atoms with Crippen LogP contribution in [0.5, 0.6) is 0 Å². The van der Waals surface area contributed by atoms with Crippen LogP contribution in [0.4, 0.5) is 22.0 Å². The fourth-order valence-electron chi connectivity index (χ4n) is 4.35. The maximum absolute atomic E-state index is 12.8. The van der Waals surface area contributed by atoms with Crippen LogP contribution in [0.3, 0.4) is 0 Å². The van der Waals surface area contributed by atoms with Crippen molar-refractivity contribution in [3.8, 4) is 0 Å². The molecule has 0 unspecified atom stereocenters. The minimum atomic E-state index is -5.08. The molecule has 2 saturated heterocycles. The number of rotatable bonds is 4. The van der Waals surface area contributed by atoms with Gasteiger partial charge >= 0.3 is 12.1 Å². The van der Waals surface area contributed by atoms with Gasteiger partial charge in [0.05, 0.1) is 5.52 Å². The van der Waals surface area contributed by atoms with Gasteiger partial charge < -0.3 is 15.3 Å². The van der Waals surface area contributed by atoms with Gasteiger partial charge in [-0.25, -0.2) is 13.6 Å². The summed E-state index contributed by atoms with van der Waals surface area (Å²) in [7, 11) is 2.15. The molecule has 2 aromatic rings. The highest BCUT2D eigenvalue weighted by Gasteiger charge is 2.39. The van der Waals surface area contributed by atoms with Crippen LogP contribution in [0, 0.1) is 0 Å². The third kappa shape index (κ3) is 5.34. The number of aliphatic carboxylic acids is 1. The summed E-state index contributed by atoms with van der Waals surface area (Å²) in [6, 6.07) is 8.22. The fraction of sp³-hybridized carbons (Fsp3) is 0.550. The number of carboxylic acids is 1. The third-order valence-corrected chi connectivity index (χ3v) is 5.86. The van der Waals surface area contributed by atoms with E-state index in [0.717, 1.165) is 12.8 Å². The lowest BCUT2D eigenvalue weighted by Gasteiger charge is -2.36. The van der Waals surface area contributed by atoms with Gasteiger partial charge in [-0.15, -0.1) is 0 Å². The average Bonchev–Trinajstić information content (AvgIpc) is 3.14. The number of benzene rings is 1. The molecule has 2 bridgehead atoms. The molecule has 12 heteroatoms. The standard InChI is InChI=1S/C18H22F2N4O.C2HF3O2/c1-23-12-6-7-13(23)9-11(8-12)21-18(25)17-14-4-2-3-5-15(14)24(22-17)10-16(19)20;3-2(4,5)1(6)7/h2-5,11-13,16H,6-10H2,1H3,(H,21,25);(H,6,7)/t11-,12-,13+;. The molecule has 2 fully saturated rings. The molecule has 3 heterocycles. The van der Waals surface area contributed by atoms with E-state index in [9.17, 15) is 26.7 Å². The van der Waals surface area contributed by atoms with Crippen LogP contribution in [0.15, 0.2) is 24.3 Å². The summed E-state index contributed by atoms with van der Waals surface area (Å²) >= 11 is 0. The molecule has 1 amide bonds. The predicted molar refractivity (Wildman–Crippen MR) is 104 cm³/mol. The SMILES string of the molecule is CN1[C@@H]2CC[C@H]1C[C@H](NC(=O)c1nn(CC(F)F)c3ccccc13)C2.O=C(O)C(F)(F)F. The lowest BCUT2D eigenvalue weighted by atomic mass is 9.98. The van der Waals surface area contributed by atoms with Crippen LogP contribution in [0.2, 0.25) is 0 Å². The molecule has 0 radical (unpaired) electrons. The first-order valence-electron chi connectivity index (χ1n) is 10.0. The zero-order valence-corrected chi connectivity index (χ0v) is 17.1. The molecular formula is C20H23F5N4O3. The minimum absolute atomic E-state index is 0.125. The molecule has 32 heavy (non-hydrogen) atoms. The zero-order valence-electron chi connectivity index (χ0n) is 17.1. The highest BCUT2D eigenvalue weighted by Crippen LogP contribution is 2.34. The number of para-hydroxylation sites is 1. The first kappa shape index (κ1) is 23.9. The highest BCUT2D eigenvalue weighted by atomic mass is 19.4. The van der Waals surface area contributed by atoms with Gasteiger partial charge in [-0.1, -0.05) is 18.2 Å². The number of alkyl halides is 5. The number of hydrogen-bond acceptors (Lipinski definition) is 4. The van der Waals surface area contributed by atoms with Crippen molar-refractivity contribution in [1.29, 1.82) is 0 Å². The second-order valence-corrected chi connectivity index (χ2v) is 7.93. The summed E-state index contributed by atoms with van der Waals surface area (Å²) in [4.78, 5) is 24.1. The maximum Gasteiger partial charge on any atom is 0.490 e. The summed E-state index contributed by atoms with van der Waals surface area (Å²) < 4.78 is 58.6. The molecule has 2 aliphatic heterocycles. The Balaban J connectivity index is 0.000000360. The second-order valence-electron chi connectivity index (χ2n) is 7.93. The Bertz CT molecular complexity index is 964. The van der Waals surface area contributed by atoms with Crippen LogP contribution in [-0.4, -0.2) is 69.4 Å². The average molecular weight is 462 g/mol. The Kier molecular flexibility index (Phi) is 7.01. The van der Waals surface area contributed by atoms with Crippen molar-refractivity contribution < 1.29 is 36.6 Å². The molecule has 3 atom stereocenters. The maximum atomic E-state index is 12.8. The molecule has 0 aliphatic carbocycles. The van der Waals surface area contributed by atoms with E-state index >= 15 is 0 Å². The smallest absolute Gasteiger partial charge is 0.475 e. The summed E-state index contributed by atoms with van der Waals surface area (Å²) in [5.74, 6) is -3.02. The van der Waals surface area contributed by atoms with Gasteiger partial charge in [-0.3, -0.25) is 9.48 Å². The van der Waals surface area contributed by atoms with Gasteiger partial charge in [-0.2, -0.15) is 18.3 Å². The molecule has 0 saturated carbocycles. The van der Waals surface area contributed by atoms with Crippen molar-refractivity contribution in [3.63, 3.8) is 0 Å². The monoisotopic (exact) mass is 462 g/mol. The van der Waals surface area contributed by atoms with Crippen molar-refractivity contribution in [1.82, 2.24) is 20.0 Å². The van der Waals surface area contributed by atoms with E-state index in [2.05, 4.69) is 22.4 Å². The number of aromatic nitrogens is 2. The van der Waals surface area contributed by atoms with Gasteiger partial charge in [0, 0.05) is 23.5 Å². The molecule has 4 rings (SSSR count). The van der Waals surface area contributed by atoms with Crippen molar-refractivity contribution in [2.75, 3.05) is 7.05 Å². The van der Waals surface area contributed by atoms with Crippen LogP contribution >= 0.6 is 0 Å².